The third kappa shape index (κ3) is 2.50. The normalized spacial score (nSPS) is 11.1. The Labute approximate surface area is 85.9 Å². The van der Waals surface area contributed by atoms with Crippen molar-refractivity contribution in [2.45, 2.75) is 11.3 Å². The van der Waals surface area contributed by atoms with Gasteiger partial charge in [0.15, 0.2) is 9.84 Å². The van der Waals surface area contributed by atoms with Gasteiger partial charge in [-0.2, -0.15) is 5.26 Å². The molecule has 0 fully saturated rings. The third-order valence-corrected chi connectivity index (χ3v) is 2.84. The van der Waals surface area contributed by atoms with Gasteiger partial charge in [0.05, 0.1) is 12.5 Å². The second-order valence-corrected chi connectivity index (χ2v) is 4.97. The summed E-state index contributed by atoms with van der Waals surface area (Å²) in [5, 5.41) is 8.34. The van der Waals surface area contributed by atoms with Crippen LogP contribution in [0.25, 0.3) is 0 Å². The van der Waals surface area contributed by atoms with Gasteiger partial charge < -0.3 is 0 Å². The topological polar surface area (TPSA) is 57.9 Å². The minimum Gasteiger partial charge on any atom is -0.224 e. The maximum Gasteiger partial charge on any atom is 0.178 e. The van der Waals surface area contributed by atoms with Crippen LogP contribution in [-0.2, 0) is 16.3 Å². The van der Waals surface area contributed by atoms with Gasteiger partial charge in [-0.1, -0.05) is 0 Å². The van der Waals surface area contributed by atoms with Crippen LogP contribution in [0.2, 0.25) is 0 Å². The van der Waals surface area contributed by atoms with Gasteiger partial charge in [0, 0.05) is 11.8 Å². The van der Waals surface area contributed by atoms with E-state index in [1.54, 1.807) is 6.07 Å². The predicted molar refractivity (Wildman–Crippen MR) is 48.8 cm³/mol. The molecule has 0 aliphatic heterocycles. The lowest BCUT2D eigenvalue weighted by atomic mass is 10.1. The smallest absolute Gasteiger partial charge is 0.178 e. The van der Waals surface area contributed by atoms with E-state index >= 15 is 0 Å². The Morgan fingerprint density at radius 2 is 2.00 bits per heavy atom. The first kappa shape index (κ1) is 11.6. The van der Waals surface area contributed by atoms with Gasteiger partial charge in [0.1, 0.15) is 16.5 Å². The quantitative estimate of drug-likeness (QED) is 0.773. The first-order valence-electron chi connectivity index (χ1n) is 3.91. The van der Waals surface area contributed by atoms with E-state index in [0.717, 1.165) is 12.3 Å². The minimum atomic E-state index is -3.82. The van der Waals surface area contributed by atoms with Crippen LogP contribution in [0, 0.1) is 23.0 Å². The van der Waals surface area contributed by atoms with Crippen molar-refractivity contribution in [1.29, 1.82) is 5.26 Å². The Hall–Kier alpha value is -1.48. The van der Waals surface area contributed by atoms with Gasteiger partial charge in [0.25, 0.3) is 0 Å². The molecule has 3 nitrogen and oxygen atoms in total. The average molecular weight is 231 g/mol. The molecule has 1 aromatic rings. The van der Waals surface area contributed by atoms with Crippen LogP contribution in [0.15, 0.2) is 17.0 Å². The summed E-state index contributed by atoms with van der Waals surface area (Å²) in [7, 11) is -3.82. The summed E-state index contributed by atoms with van der Waals surface area (Å²) < 4.78 is 48.5. The second kappa shape index (κ2) is 3.95. The van der Waals surface area contributed by atoms with Gasteiger partial charge in [-0.25, -0.2) is 17.2 Å². The molecule has 0 aliphatic rings. The van der Waals surface area contributed by atoms with Crippen molar-refractivity contribution < 1.29 is 17.2 Å². The monoisotopic (exact) mass is 231 g/mol. The maximum absolute atomic E-state index is 13.4. The zero-order valence-electron chi connectivity index (χ0n) is 7.79. The van der Waals surface area contributed by atoms with Crippen LogP contribution in [-0.4, -0.2) is 14.7 Å². The lowest BCUT2D eigenvalue weighted by Crippen LogP contribution is -2.04. The molecule has 0 amide bonds. The van der Waals surface area contributed by atoms with Gasteiger partial charge in [0.2, 0.25) is 0 Å². The zero-order valence-corrected chi connectivity index (χ0v) is 8.61. The summed E-state index contributed by atoms with van der Waals surface area (Å²) >= 11 is 0. The third-order valence-electron chi connectivity index (χ3n) is 1.75. The zero-order chi connectivity index (χ0) is 11.6. The summed E-state index contributed by atoms with van der Waals surface area (Å²) in [5.74, 6) is -1.93. The molecule has 0 unspecified atom stereocenters. The second-order valence-electron chi connectivity index (χ2n) is 2.98. The first-order chi connectivity index (χ1) is 6.86. The van der Waals surface area contributed by atoms with Crippen LogP contribution < -0.4 is 0 Å². The lowest BCUT2D eigenvalue weighted by molar-refractivity contribution is 0.547. The fraction of sp³-hybridized carbons (Fsp3) is 0.222. The summed E-state index contributed by atoms with van der Waals surface area (Å²) in [6.45, 7) is 0. The van der Waals surface area contributed by atoms with Crippen molar-refractivity contribution in [3.63, 3.8) is 0 Å². The van der Waals surface area contributed by atoms with E-state index < -0.39 is 26.4 Å². The molecule has 0 radical (unpaired) electrons. The Kier molecular flexibility index (Phi) is 3.05. The predicted octanol–water partition coefficient (Wildman–Crippen LogP) is 1.43. The van der Waals surface area contributed by atoms with E-state index in [2.05, 4.69) is 0 Å². The molecule has 0 aromatic heterocycles. The molecular weight excluding hydrogens is 224 g/mol. The highest BCUT2D eigenvalue weighted by molar-refractivity contribution is 7.90. The number of hydrogen-bond acceptors (Lipinski definition) is 3. The Bertz CT molecular complexity index is 532. The molecule has 0 heterocycles. The van der Waals surface area contributed by atoms with E-state index in [0.29, 0.717) is 6.07 Å². The molecule has 1 rings (SSSR count). The molecular formula is C9H7F2NO2S. The molecule has 80 valence electrons. The van der Waals surface area contributed by atoms with E-state index in [9.17, 15) is 17.2 Å². The molecule has 0 aliphatic carbocycles. The molecule has 0 saturated heterocycles. The molecule has 0 spiro atoms. The summed E-state index contributed by atoms with van der Waals surface area (Å²) in [4.78, 5) is -0.715. The van der Waals surface area contributed by atoms with Gasteiger partial charge in [-0.05, 0) is 12.1 Å². The standard InChI is InChI=1S/C9H7F2NO2S/c1-15(13,14)8-5-7(10)4-6(2-3-12)9(8)11/h4-5H,2H2,1H3. The average Bonchev–Trinajstić information content (AvgIpc) is 2.09. The van der Waals surface area contributed by atoms with Crippen molar-refractivity contribution in [2.24, 2.45) is 0 Å². The largest absolute Gasteiger partial charge is 0.224 e. The number of nitrogens with zero attached hydrogens (tertiary/aromatic N) is 1. The summed E-state index contributed by atoms with van der Waals surface area (Å²) in [6, 6.07) is 3.04. The molecule has 0 saturated carbocycles. The van der Waals surface area contributed by atoms with E-state index in [1.807, 2.05) is 0 Å². The number of halogens is 2. The highest BCUT2D eigenvalue weighted by Gasteiger charge is 2.18. The molecule has 15 heavy (non-hydrogen) atoms. The number of hydrogen-bond donors (Lipinski definition) is 0. The van der Waals surface area contributed by atoms with E-state index in [-0.39, 0.29) is 12.0 Å². The molecule has 1 aromatic carbocycles. The van der Waals surface area contributed by atoms with Gasteiger partial charge in [-0.3, -0.25) is 0 Å². The van der Waals surface area contributed by atoms with Crippen LogP contribution in [0.4, 0.5) is 8.78 Å². The fourth-order valence-electron chi connectivity index (χ4n) is 1.10. The Morgan fingerprint density at radius 3 is 2.47 bits per heavy atom. The Morgan fingerprint density at radius 1 is 1.40 bits per heavy atom. The molecule has 0 atom stereocenters. The lowest BCUT2D eigenvalue weighted by Gasteiger charge is -2.04. The highest BCUT2D eigenvalue weighted by Crippen LogP contribution is 2.20. The van der Waals surface area contributed by atoms with Crippen LogP contribution in [0.1, 0.15) is 5.56 Å². The van der Waals surface area contributed by atoms with E-state index in [4.69, 9.17) is 5.26 Å². The van der Waals surface area contributed by atoms with Crippen LogP contribution >= 0.6 is 0 Å². The van der Waals surface area contributed by atoms with Gasteiger partial charge >= 0.3 is 0 Å². The van der Waals surface area contributed by atoms with Crippen LogP contribution in [0.5, 0.6) is 0 Å². The SMILES string of the molecule is CS(=O)(=O)c1cc(F)cc(CC#N)c1F. The summed E-state index contributed by atoms with van der Waals surface area (Å²) in [6.07, 6.45) is 0.410. The maximum atomic E-state index is 13.4. The van der Waals surface area contributed by atoms with Crippen molar-refractivity contribution in [3.05, 3.63) is 29.3 Å². The van der Waals surface area contributed by atoms with Crippen molar-refractivity contribution in [1.82, 2.24) is 0 Å². The fourth-order valence-corrected chi connectivity index (χ4v) is 1.89. The number of sulfone groups is 1. The molecule has 0 N–H and O–H groups in total. The number of rotatable bonds is 2. The Balaban J connectivity index is 3.50. The number of nitriles is 1. The minimum absolute atomic E-state index is 0.252. The van der Waals surface area contributed by atoms with Crippen molar-refractivity contribution in [2.75, 3.05) is 6.26 Å². The number of benzene rings is 1. The summed E-state index contributed by atoms with van der Waals surface area (Å²) in [5.41, 5.74) is -0.252. The van der Waals surface area contributed by atoms with Gasteiger partial charge in [-0.15, -0.1) is 0 Å². The first-order valence-corrected chi connectivity index (χ1v) is 5.80. The van der Waals surface area contributed by atoms with Crippen molar-refractivity contribution in [3.8, 4) is 6.07 Å². The molecule has 0 bridgehead atoms. The van der Waals surface area contributed by atoms with E-state index in [1.165, 1.54) is 0 Å². The van der Waals surface area contributed by atoms with Crippen LogP contribution in [0.3, 0.4) is 0 Å². The molecule has 6 heteroatoms. The highest BCUT2D eigenvalue weighted by atomic mass is 32.2. The van der Waals surface area contributed by atoms with Crippen molar-refractivity contribution >= 4 is 9.84 Å².